The summed E-state index contributed by atoms with van der Waals surface area (Å²) in [5.74, 6) is -0.319. The van der Waals surface area contributed by atoms with Gasteiger partial charge in [-0.15, -0.1) is 0 Å². The summed E-state index contributed by atoms with van der Waals surface area (Å²) in [6.45, 7) is 1.57. The average molecular weight is 367 g/mol. The molecule has 0 unspecified atom stereocenters. The van der Waals surface area contributed by atoms with E-state index in [0.29, 0.717) is 49.5 Å². The highest BCUT2D eigenvalue weighted by atomic mass is 32.1. The van der Waals surface area contributed by atoms with Gasteiger partial charge in [-0.3, -0.25) is 0 Å². The Morgan fingerprint density at radius 2 is 2.20 bits per heavy atom. The van der Waals surface area contributed by atoms with Gasteiger partial charge >= 0.3 is 0 Å². The van der Waals surface area contributed by atoms with Gasteiger partial charge in [-0.25, -0.2) is 4.39 Å². The zero-order valence-corrected chi connectivity index (χ0v) is 14.8. The lowest BCUT2D eigenvalue weighted by Crippen LogP contribution is -2.34. The number of hydrogen-bond acceptors (Lipinski definition) is 7. The number of hydrogen-bond donors (Lipinski definition) is 4. The summed E-state index contributed by atoms with van der Waals surface area (Å²) in [6.07, 6.45) is 2.84. The van der Waals surface area contributed by atoms with Crippen molar-refractivity contribution in [3.63, 3.8) is 0 Å². The number of anilines is 2. The number of piperidine rings is 1. The van der Waals surface area contributed by atoms with Gasteiger partial charge in [0.05, 0.1) is 25.1 Å². The molecule has 0 atom stereocenters. The molecule has 9 heteroatoms. The molecule has 2 rings (SSSR count). The molecule has 1 aliphatic rings. The highest BCUT2D eigenvalue weighted by Gasteiger charge is 2.18. The van der Waals surface area contributed by atoms with Crippen LogP contribution in [0.3, 0.4) is 0 Å². The quantitative estimate of drug-likeness (QED) is 0.359. The molecule has 25 heavy (non-hydrogen) atoms. The number of nitrogens with one attached hydrogen (secondary N) is 2. The van der Waals surface area contributed by atoms with Crippen LogP contribution in [0, 0.1) is 5.82 Å². The van der Waals surface area contributed by atoms with Crippen LogP contribution in [0.25, 0.3) is 0 Å². The maximum Gasteiger partial charge on any atom is 0.256 e. The molecule has 0 spiro atoms. The van der Waals surface area contributed by atoms with E-state index in [1.807, 2.05) is 4.90 Å². The van der Waals surface area contributed by atoms with E-state index in [1.165, 1.54) is 13.2 Å². The van der Waals surface area contributed by atoms with E-state index < -0.39 is 0 Å². The molecular weight excluding hydrogens is 345 g/mol. The van der Waals surface area contributed by atoms with Gasteiger partial charge in [0.2, 0.25) is 0 Å². The van der Waals surface area contributed by atoms with Crippen LogP contribution in [0.5, 0.6) is 0 Å². The second-order valence-corrected chi connectivity index (χ2v) is 5.90. The van der Waals surface area contributed by atoms with Crippen molar-refractivity contribution in [3.8, 4) is 0 Å². The summed E-state index contributed by atoms with van der Waals surface area (Å²) >= 11 is 4.85. The zero-order valence-electron chi connectivity index (χ0n) is 14.0. The van der Waals surface area contributed by atoms with E-state index in [4.69, 9.17) is 27.9 Å². The topological polar surface area (TPSA) is 95.1 Å². The maximum atomic E-state index is 14.4. The number of benzene rings is 1. The molecule has 1 aromatic rings. The minimum absolute atomic E-state index is 0.252. The number of ether oxygens (including phenoxy) is 1. The van der Waals surface area contributed by atoms with Crippen LogP contribution in [0.1, 0.15) is 12.8 Å². The Kier molecular flexibility index (Phi) is 6.81. The molecule has 0 aliphatic carbocycles. The maximum absolute atomic E-state index is 14.4. The molecule has 0 saturated carbocycles. The first-order valence-corrected chi connectivity index (χ1v) is 8.21. The molecule has 1 aliphatic heterocycles. The monoisotopic (exact) mass is 367 g/mol. The van der Waals surface area contributed by atoms with Gasteiger partial charge in [0.15, 0.2) is 0 Å². The van der Waals surface area contributed by atoms with E-state index in [9.17, 15) is 4.39 Å². The van der Waals surface area contributed by atoms with Gasteiger partial charge in [0.1, 0.15) is 5.82 Å². The van der Waals surface area contributed by atoms with Gasteiger partial charge < -0.3 is 31.2 Å². The largest absolute Gasteiger partial charge is 0.474 e. The molecule has 7 nitrogen and oxygen atoms in total. The number of nitrogens with two attached hydrogens (primary N) is 1. The van der Waals surface area contributed by atoms with Crippen LogP contribution in [-0.4, -0.2) is 42.8 Å². The number of halogens is 1. The molecule has 5 N–H and O–H groups in total. The van der Waals surface area contributed by atoms with Crippen LogP contribution in [0.15, 0.2) is 35.3 Å². The highest BCUT2D eigenvalue weighted by molar-refractivity contribution is 7.80. The Hall–Kier alpha value is -2.55. The van der Waals surface area contributed by atoms with Gasteiger partial charge in [-0.05, 0) is 30.4 Å². The Bertz CT molecular complexity index is 670. The summed E-state index contributed by atoms with van der Waals surface area (Å²) in [4.78, 5) is 1.94. The van der Waals surface area contributed by atoms with E-state index in [-0.39, 0.29) is 11.0 Å². The number of oxime groups is 1. The minimum Gasteiger partial charge on any atom is -0.474 e. The second kappa shape index (κ2) is 9.07. The van der Waals surface area contributed by atoms with Crippen LogP contribution in [0.4, 0.5) is 15.8 Å². The van der Waals surface area contributed by atoms with Crippen molar-refractivity contribution < 1.29 is 14.3 Å². The third-order valence-electron chi connectivity index (χ3n) is 3.82. The number of methoxy groups -OCH3 is 1. The van der Waals surface area contributed by atoms with Crippen molar-refractivity contribution in [1.29, 1.82) is 0 Å². The van der Waals surface area contributed by atoms with E-state index >= 15 is 0 Å². The van der Waals surface area contributed by atoms with Gasteiger partial charge in [-0.2, -0.15) is 0 Å². The number of nitrogens with zero attached hydrogens (tertiary/aromatic N) is 2. The van der Waals surface area contributed by atoms with E-state index in [0.717, 1.165) is 5.71 Å². The van der Waals surface area contributed by atoms with Crippen molar-refractivity contribution >= 4 is 34.5 Å². The molecule has 0 bridgehead atoms. The Morgan fingerprint density at radius 1 is 1.48 bits per heavy atom. The second-order valence-electron chi connectivity index (χ2n) is 5.53. The molecule has 1 saturated heterocycles. The summed E-state index contributed by atoms with van der Waals surface area (Å²) < 4.78 is 19.2. The summed E-state index contributed by atoms with van der Waals surface area (Å²) in [5.41, 5.74) is 8.19. The lowest BCUT2D eigenvalue weighted by atomic mass is 10.1. The average Bonchev–Trinajstić information content (AvgIpc) is 2.64. The lowest BCUT2D eigenvalue weighted by molar-refractivity contribution is 0.315. The summed E-state index contributed by atoms with van der Waals surface area (Å²) in [5, 5.41) is 18.0. The van der Waals surface area contributed by atoms with Crippen molar-refractivity contribution in [2.24, 2.45) is 10.9 Å². The Balaban J connectivity index is 1.94. The number of thiocarbonyl (C=S) groups is 1. The first kappa shape index (κ1) is 18.8. The Morgan fingerprint density at radius 3 is 2.80 bits per heavy atom. The van der Waals surface area contributed by atoms with Gasteiger partial charge in [0.25, 0.3) is 5.17 Å². The SMILES string of the molecule is COC(=S)NC/C(N)=C/Nc1ccc(N2CCC(=NO)CC2)c(F)c1. The fourth-order valence-corrected chi connectivity index (χ4v) is 2.50. The molecule has 0 aromatic heterocycles. The number of rotatable bonds is 5. The third kappa shape index (κ3) is 5.49. The molecule has 0 radical (unpaired) electrons. The minimum atomic E-state index is -0.319. The molecule has 136 valence electrons. The first-order valence-electron chi connectivity index (χ1n) is 7.80. The van der Waals surface area contributed by atoms with Crippen molar-refractivity contribution in [2.45, 2.75) is 12.8 Å². The molecule has 1 aromatic carbocycles. The van der Waals surface area contributed by atoms with Gasteiger partial charge in [-0.1, -0.05) is 5.16 Å². The molecule has 1 heterocycles. The molecule has 0 amide bonds. The standard InChI is InChI=1S/C16H22FN5O2S/c1-24-16(25)20-10-11(18)9-19-13-2-3-15(14(17)8-13)22-6-4-12(21-23)5-7-22/h2-3,8-9,19,23H,4-7,10,18H2,1H3,(H,20,25)/b11-9-. The van der Waals surface area contributed by atoms with Crippen molar-refractivity contribution in [2.75, 3.05) is 37.0 Å². The Labute approximate surface area is 151 Å². The molecular formula is C16H22FN5O2S. The first-order chi connectivity index (χ1) is 12.0. The fraction of sp³-hybridized carbons (Fsp3) is 0.375. The van der Waals surface area contributed by atoms with Crippen LogP contribution < -0.4 is 21.3 Å². The van der Waals surface area contributed by atoms with Gasteiger partial charge in [0, 0.05) is 43.5 Å². The lowest BCUT2D eigenvalue weighted by Gasteiger charge is -2.29. The van der Waals surface area contributed by atoms with E-state index in [2.05, 4.69) is 15.8 Å². The fourth-order valence-electron chi connectivity index (χ4n) is 2.43. The third-order valence-corrected chi connectivity index (χ3v) is 4.13. The van der Waals surface area contributed by atoms with Crippen molar-refractivity contribution in [1.82, 2.24) is 5.32 Å². The normalized spacial score (nSPS) is 14.9. The summed E-state index contributed by atoms with van der Waals surface area (Å²) in [6, 6.07) is 4.92. The zero-order chi connectivity index (χ0) is 18.2. The van der Waals surface area contributed by atoms with E-state index in [1.54, 1.807) is 18.3 Å². The van der Waals surface area contributed by atoms with Crippen LogP contribution in [-0.2, 0) is 4.74 Å². The molecule has 1 fully saturated rings. The highest BCUT2D eigenvalue weighted by Crippen LogP contribution is 2.25. The van der Waals surface area contributed by atoms with Crippen LogP contribution in [0.2, 0.25) is 0 Å². The summed E-state index contributed by atoms with van der Waals surface area (Å²) in [7, 11) is 1.47. The predicted octanol–water partition coefficient (Wildman–Crippen LogP) is 1.99. The van der Waals surface area contributed by atoms with Crippen LogP contribution >= 0.6 is 12.2 Å². The predicted molar refractivity (Wildman–Crippen MR) is 101 cm³/mol. The van der Waals surface area contributed by atoms with Crippen molar-refractivity contribution in [3.05, 3.63) is 35.9 Å². The smallest absolute Gasteiger partial charge is 0.256 e.